The van der Waals surface area contributed by atoms with E-state index in [1.807, 2.05) is 0 Å². The number of carbonyl (C=O) groups is 3. The largest absolute Gasteiger partial charge is 0.479 e. The van der Waals surface area contributed by atoms with Crippen molar-refractivity contribution >= 4 is 29.5 Å². The van der Waals surface area contributed by atoms with Crippen LogP contribution < -0.4 is 5.32 Å². The minimum absolute atomic E-state index is 0.150. The Balaban J connectivity index is 2.46. The fraction of sp³-hybridized carbons (Fsp3) is 0.545. The fourth-order valence-corrected chi connectivity index (χ4v) is 3.69. The van der Waals surface area contributed by atoms with Gasteiger partial charge in [0.05, 0.1) is 22.9 Å². The molecular weight excluding hydrogens is 272 g/mol. The molecule has 19 heavy (non-hydrogen) atoms. The summed E-state index contributed by atoms with van der Waals surface area (Å²) >= 11 is 1.20. The highest BCUT2D eigenvalue weighted by atomic mass is 32.2. The zero-order valence-electron chi connectivity index (χ0n) is 10.4. The molecule has 0 radical (unpaired) electrons. The highest BCUT2D eigenvalue weighted by Crippen LogP contribution is 2.43. The Bertz CT molecular complexity index is 487. The maximum absolute atomic E-state index is 11.5. The van der Waals surface area contributed by atoms with Gasteiger partial charge in [0, 0.05) is 12.5 Å². The van der Waals surface area contributed by atoms with Crippen molar-refractivity contribution in [1.82, 2.24) is 10.2 Å². The molecule has 2 unspecified atom stereocenters. The number of rotatable bonds is 3. The molecule has 7 nitrogen and oxygen atoms in total. The number of carbonyl (C=O) groups excluding carboxylic acids is 2. The second-order valence-electron chi connectivity index (χ2n) is 4.46. The third-order valence-electron chi connectivity index (χ3n) is 3.01. The first kappa shape index (κ1) is 13.9. The van der Waals surface area contributed by atoms with Crippen LogP contribution in [0.4, 0.5) is 0 Å². The van der Waals surface area contributed by atoms with Crippen molar-refractivity contribution in [3.8, 4) is 0 Å². The van der Waals surface area contributed by atoms with E-state index in [0.717, 1.165) is 0 Å². The number of thioether (sulfide) groups is 1. The van der Waals surface area contributed by atoms with Crippen molar-refractivity contribution in [3.05, 3.63) is 10.6 Å². The van der Waals surface area contributed by atoms with Crippen molar-refractivity contribution in [2.75, 3.05) is 0 Å². The Morgan fingerprint density at radius 1 is 1.53 bits per heavy atom. The quantitative estimate of drug-likeness (QED) is 0.602. The van der Waals surface area contributed by atoms with Crippen LogP contribution in [0.5, 0.6) is 0 Å². The Morgan fingerprint density at radius 2 is 2.16 bits per heavy atom. The van der Waals surface area contributed by atoms with Crippen LogP contribution in [-0.2, 0) is 14.4 Å². The van der Waals surface area contributed by atoms with Crippen LogP contribution in [0, 0.1) is 0 Å². The van der Waals surface area contributed by atoms with Gasteiger partial charge >= 0.3 is 5.97 Å². The average Bonchev–Trinajstić information content (AvgIpc) is 2.25. The SMILES string of the molecule is CC(=O)NC1=C(C(C)O)C(C(=O)O)N2C(=O)C[C@H]2S1. The Kier molecular flexibility index (Phi) is 3.55. The third kappa shape index (κ3) is 2.33. The van der Waals surface area contributed by atoms with Crippen molar-refractivity contribution in [1.29, 1.82) is 0 Å². The Labute approximate surface area is 113 Å². The van der Waals surface area contributed by atoms with Crippen LogP contribution >= 0.6 is 11.8 Å². The molecule has 8 heteroatoms. The lowest BCUT2D eigenvalue weighted by Crippen LogP contribution is -2.62. The number of aliphatic hydroxyl groups is 1. The van der Waals surface area contributed by atoms with Gasteiger partial charge in [0.25, 0.3) is 0 Å². The molecule has 2 aliphatic rings. The predicted octanol–water partition coefficient (Wildman–Crippen LogP) is -0.527. The summed E-state index contributed by atoms with van der Waals surface area (Å²) in [6.45, 7) is 2.72. The van der Waals surface area contributed by atoms with Crippen molar-refractivity contribution in [3.63, 3.8) is 0 Å². The van der Waals surface area contributed by atoms with Crippen LogP contribution in [0.3, 0.4) is 0 Å². The maximum Gasteiger partial charge on any atom is 0.331 e. The van der Waals surface area contributed by atoms with Gasteiger partial charge in [-0.25, -0.2) is 4.79 Å². The molecule has 2 heterocycles. The van der Waals surface area contributed by atoms with Gasteiger partial charge in [0.2, 0.25) is 11.8 Å². The van der Waals surface area contributed by atoms with Gasteiger partial charge in [-0.1, -0.05) is 11.8 Å². The van der Waals surface area contributed by atoms with E-state index in [0.29, 0.717) is 5.03 Å². The number of carboxylic acids is 1. The normalized spacial score (nSPS) is 27.5. The third-order valence-corrected chi connectivity index (χ3v) is 4.25. The number of nitrogens with one attached hydrogen (secondary N) is 1. The van der Waals surface area contributed by atoms with Gasteiger partial charge in [-0.2, -0.15) is 0 Å². The first-order valence-corrected chi connectivity index (χ1v) is 6.61. The molecule has 0 aromatic heterocycles. The van der Waals surface area contributed by atoms with Gasteiger partial charge in [0.15, 0.2) is 6.04 Å². The topological polar surface area (TPSA) is 107 Å². The molecule has 2 rings (SSSR count). The summed E-state index contributed by atoms with van der Waals surface area (Å²) in [5, 5.41) is 21.6. The van der Waals surface area contributed by atoms with E-state index in [9.17, 15) is 24.6 Å². The standard InChI is InChI=1S/C11H14N2O5S/c1-4(14)8-9(11(17)18)13-6(16)3-7(13)19-10(8)12-5(2)15/h4,7,9,14H,3H2,1-2H3,(H,12,15)(H,17,18)/t4?,7-,9?/m1/s1. The lowest BCUT2D eigenvalue weighted by atomic mass is 9.97. The van der Waals surface area contributed by atoms with Gasteiger partial charge in [-0.05, 0) is 6.92 Å². The first-order valence-electron chi connectivity index (χ1n) is 5.73. The van der Waals surface area contributed by atoms with E-state index >= 15 is 0 Å². The molecule has 2 amide bonds. The van der Waals surface area contributed by atoms with E-state index in [1.54, 1.807) is 0 Å². The molecule has 1 fully saturated rings. The molecule has 0 aromatic carbocycles. The molecule has 104 valence electrons. The smallest absolute Gasteiger partial charge is 0.331 e. The van der Waals surface area contributed by atoms with Crippen LogP contribution in [-0.4, -0.2) is 50.4 Å². The molecule has 0 aromatic rings. The molecule has 3 atom stereocenters. The summed E-state index contributed by atoms with van der Waals surface area (Å²) in [5.74, 6) is -1.81. The minimum Gasteiger partial charge on any atom is -0.479 e. The lowest BCUT2D eigenvalue weighted by Gasteiger charge is -2.48. The fourth-order valence-electron chi connectivity index (χ4n) is 2.22. The van der Waals surface area contributed by atoms with E-state index < -0.39 is 18.1 Å². The molecule has 1 saturated heterocycles. The van der Waals surface area contributed by atoms with Gasteiger partial charge in [-0.15, -0.1) is 0 Å². The Morgan fingerprint density at radius 3 is 2.58 bits per heavy atom. The number of fused-ring (bicyclic) bond motifs is 1. The number of amides is 2. The molecule has 0 spiro atoms. The van der Waals surface area contributed by atoms with Crippen molar-refractivity contribution in [2.45, 2.75) is 37.8 Å². The van der Waals surface area contributed by atoms with Crippen molar-refractivity contribution < 1.29 is 24.6 Å². The number of carboxylic acid groups (broad SMARTS) is 1. The number of nitrogens with zero attached hydrogens (tertiary/aromatic N) is 1. The van der Waals surface area contributed by atoms with Crippen LogP contribution in [0.1, 0.15) is 20.3 Å². The number of β-lactam (4-membered cyclic amide) rings is 1. The monoisotopic (exact) mass is 286 g/mol. The summed E-state index contributed by atoms with van der Waals surface area (Å²) in [6.07, 6.45) is -0.824. The summed E-state index contributed by atoms with van der Waals surface area (Å²) in [7, 11) is 0. The van der Waals surface area contributed by atoms with E-state index in [2.05, 4.69) is 5.32 Å². The van der Waals surface area contributed by atoms with Crippen LogP contribution in [0.25, 0.3) is 0 Å². The number of aliphatic hydroxyl groups excluding tert-OH is 1. The molecule has 0 saturated carbocycles. The predicted molar refractivity (Wildman–Crippen MR) is 66.8 cm³/mol. The van der Waals surface area contributed by atoms with Gasteiger partial charge in [-0.3, -0.25) is 9.59 Å². The summed E-state index contributed by atoms with van der Waals surface area (Å²) in [6, 6.07) is -1.21. The summed E-state index contributed by atoms with van der Waals surface area (Å²) in [5.41, 5.74) is 0.150. The maximum atomic E-state index is 11.5. The Hall–Kier alpha value is -1.54. The number of aliphatic carboxylic acids is 1. The first-order chi connectivity index (χ1) is 8.82. The average molecular weight is 286 g/mol. The molecule has 3 N–H and O–H groups in total. The molecular formula is C11H14N2O5S. The number of hydrogen-bond acceptors (Lipinski definition) is 5. The summed E-state index contributed by atoms with van der Waals surface area (Å²) < 4.78 is 0. The van der Waals surface area contributed by atoms with E-state index in [4.69, 9.17) is 0 Å². The van der Waals surface area contributed by atoms with E-state index in [1.165, 1.54) is 30.5 Å². The second-order valence-corrected chi connectivity index (χ2v) is 5.65. The van der Waals surface area contributed by atoms with Crippen molar-refractivity contribution in [2.24, 2.45) is 0 Å². The number of hydrogen-bond donors (Lipinski definition) is 3. The van der Waals surface area contributed by atoms with Crippen LogP contribution in [0.15, 0.2) is 10.6 Å². The van der Waals surface area contributed by atoms with Gasteiger partial charge < -0.3 is 20.4 Å². The zero-order chi connectivity index (χ0) is 14.3. The van der Waals surface area contributed by atoms with Gasteiger partial charge in [0.1, 0.15) is 0 Å². The molecule has 0 aliphatic carbocycles. The molecule has 0 bridgehead atoms. The lowest BCUT2D eigenvalue weighted by molar-refractivity contribution is -0.156. The highest BCUT2D eigenvalue weighted by molar-refractivity contribution is 8.03. The van der Waals surface area contributed by atoms with E-state index in [-0.39, 0.29) is 29.2 Å². The minimum atomic E-state index is -1.21. The van der Waals surface area contributed by atoms with Crippen LogP contribution in [0.2, 0.25) is 0 Å². The molecule has 2 aliphatic heterocycles. The highest BCUT2D eigenvalue weighted by Gasteiger charge is 2.51. The zero-order valence-corrected chi connectivity index (χ0v) is 11.2. The second kappa shape index (κ2) is 4.86. The summed E-state index contributed by atoms with van der Waals surface area (Å²) in [4.78, 5) is 35.3.